The minimum Gasteiger partial charge on any atom is -0.495 e. The predicted molar refractivity (Wildman–Crippen MR) is 70.7 cm³/mol. The second kappa shape index (κ2) is 5.71. The third kappa shape index (κ3) is 2.92. The highest BCUT2D eigenvalue weighted by Crippen LogP contribution is 2.29. The van der Waals surface area contributed by atoms with E-state index in [9.17, 15) is 0 Å². The van der Waals surface area contributed by atoms with Gasteiger partial charge in [0.25, 0.3) is 0 Å². The molecule has 0 amide bonds. The van der Waals surface area contributed by atoms with Crippen molar-refractivity contribution in [1.82, 2.24) is 10.2 Å². The highest BCUT2D eigenvalue weighted by Gasteiger charge is 2.19. The summed E-state index contributed by atoms with van der Waals surface area (Å²) in [6, 6.07) is 6.51. The molecule has 2 rings (SSSR count). The number of nitrogens with one attached hydrogen (secondary N) is 1. The molecule has 1 aliphatic heterocycles. The van der Waals surface area contributed by atoms with E-state index in [1.54, 1.807) is 7.11 Å². The lowest BCUT2D eigenvalue weighted by atomic mass is 10.1. The van der Waals surface area contributed by atoms with Crippen LogP contribution in [0.1, 0.15) is 12.5 Å². The zero-order chi connectivity index (χ0) is 12.3. The Morgan fingerprint density at radius 3 is 3.06 bits per heavy atom. The first-order chi connectivity index (χ1) is 8.22. The van der Waals surface area contributed by atoms with E-state index in [-0.39, 0.29) is 0 Å². The first-order valence-corrected chi connectivity index (χ1v) is 6.36. The number of rotatable bonds is 3. The molecular weight excluding hydrogens is 236 g/mol. The molecule has 0 aromatic heterocycles. The van der Waals surface area contributed by atoms with Crippen LogP contribution in [-0.2, 0) is 6.54 Å². The minimum absolute atomic E-state index is 0.547. The van der Waals surface area contributed by atoms with E-state index >= 15 is 0 Å². The molecule has 3 nitrogen and oxygen atoms in total. The van der Waals surface area contributed by atoms with E-state index in [0.29, 0.717) is 6.04 Å². The third-order valence-electron chi connectivity index (χ3n) is 3.28. The average molecular weight is 255 g/mol. The van der Waals surface area contributed by atoms with Crippen LogP contribution in [0.4, 0.5) is 0 Å². The monoisotopic (exact) mass is 254 g/mol. The van der Waals surface area contributed by atoms with E-state index in [0.717, 1.165) is 42.5 Å². The van der Waals surface area contributed by atoms with Crippen LogP contribution in [0.5, 0.6) is 5.75 Å². The Balaban J connectivity index is 2.12. The number of nitrogens with zero attached hydrogens (tertiary/aromatic N) is 1. The van der Waals surface area contributed by atoms with Crippen molar-refractivity contribution in [2.24, 2.45) is 0 Å². The summed E-state index contributed by atoms with van der Waals surface area (Å²) in [7, 11) is 1.65. The van der Waals surface area contributed by atoms with E-state index in [4.69, 9.17) is 16.3 Å². The molecule has 17 heavy (non-hydrogen) atoms. The number of piperazine rings is 1. The van der Waals surface area contributed by atoms with E-state index in [1.165, 1.54) is 0 Å². The summed E-state index contributed by atoms with van der Waals surface area (Å²) in [6.07, 6.45) is 0. The molecule has 0 unspecified atom stereocenters. The van der Waals surface area contributed by atoms with Crippen LogP contribution in [0, 0.1) is 0 Å². The summed E-state index contributed by atoms with van der Waals surface area (Å²) in [5, 5.41) is 4.12. The second-order valence-corrected chi connectivity index (χ2v) is 4.83. The molecule has 1 N–H and O–H groups in total. The predicted octanol–water partition coefficient (Wildman–Crippen LogP) is 2.14. The maximum absolute atomic E-state index is 6.31. The van der Waals surface area contributed by atoms with Gasteiger partial charge >= 0.3 is 0 Å². The maximum atomic E-state index is 6.31. The zero-order valence-corrected chi connectivity index (χ0v) is 11.1. The Morgan fingerprint density at radius 1 is 1.53 bits per heavy atom. The highest BCUT2D eigenvalue weighted by atomic mass is 35.5. The topological polar surface area (TPSA) is 24.5 Å². The molecule has 1 saturated heterocycles. The normalized spacial score (nSPS) is 21.5. The van der Waals surface area contributed by atoms with Gasteiger partial charge in [0.2, 0.25) is 0 Å². The lowest BCUT2D eigenvalue weighted by Gasteiger charge is -2.34. The number of hydrogen-bond acceptors (Lipinski definition) is 3. The van der Waals surface area contributed by atoms with E-state index < -0.39 is 0 Å². The molecule has 1 fully saturated rings. The van der Waals surface area contributed by atoms with Gasteiger partial charge in [-0.1, -0.05) is 23.7 Å². The van der Waals surface area contributed by atoms with E-state index in [2.05, 4.69) is 23.2 Å². The quantitative estimate of drug-likeness (QED) is 0.895. The Labute approximate surface area is 108 Å². The number of hydrogen-bond donors (Lipinski definition) is 1. The number of halogens is 1. The largest absolute Gasteiger partial charge is 0.495 e. The zero-order valence-electron chi connectivity index (χ0n) is 10.4. The molecule has 4 heteroatoms. The van der Waals surface area contributed by atoms with Gasteiger partial charge in [-0.3, -0.25) is 4.90 Å². The van der Waals surface area contributed by atoms with Gasteiger partial charge in [-0.15, -0.1) is 0 Å². The van der Waals surface area contributed by atoms with Crippen molar-refractivity contribution in [2.75, 3.05) is 26.7 Å². The Hall–Kier alpha value is -0.770. The van der Waals surface area contributed by atoms with Crippen molar-refractivity contribution in [1.29, 1.82) is 0 Å². The lowest BCUT2D eigenvalue weighted by Crippen LogP contribution is -2.49. The molecule has 1 atom stereocenters. The molecule has 0 radical (unpaired) electrons. The summed E-state index contributed by atoms with van der Waals surface area (Å²) in [6.45, 7) is 6.28. The van der Waals surface area contributed by atoms with Crippen molar-refractivity contribution in [3.8, 4) is 5.75 Å². The van der Waals surface area contributed by atoms with Gasteiger partial charge in [-0.25, -0.2) is 0 Å². The first kappa shape index (κ1) is 12.7. The van der Waals surface area contributed by atoms with Crippen molar-refractivity contribution in [3.63, 3.8) is 0 Å². The molecule has 0 spiro atoms. The fourth-order valence-corrected chi connectivity index (χ4v) is 2.44. The van der Waals surface area contributed by atoms with Crippen molar-refractivity contribution in [3.05, 3.63) is 28.8 Å². The van der Waals surface area contributed by atoms with E-state index in [1.807, 2.05) is 12.1 Å². The molecule has 1 aromatic rings. The van der Waals surface area contributed by atoms with Gasteiger partial charge in [0.15, 0.2) is 0 Å². The first-order valence-electron chi connectivity index (χ1n) is 5.98. The van der Waals surface area contributed by atoms with Gasteiger partial charge in [0.1, 0.15) is 5.75 Å². The Bertz CT molecular complexity index is 384. The smallest absolute Gasteiger partial charge is 0.137 e. The average Bonchev–Trinajstić information content (AvgIpc) is 2.34. The summed E-state index contributed by atoms with van der Waals surface area (Å²) in [4.78, 5) is 2.44. The van der Waals surface area contributed by atoms with Crippen LogP contribution in [-0.4, -0.2) is 37.7 Å². The van der Waals surface area contributed by atoms with Gasteiger partial charge in [0, 0.05) is 32.2 Å². The second-order valence-electron chi connectivity index (χ2n) is 4.46. The number of methoxy groups -OCH3 is 1. The fraction of sp³-hybridized carbons (Fsp3) is 0.538. The molecule has 0 saturated carbocycles. The van der Waals surface area contributed by atoms with Gasteiger partial charge in [0.05, 0.1) is 12.1 Å². The fourth-order valence-electron chi connectivity index (χ4n) is 2.17. The highest BCUT2D eigenvalue weighted by molar-refractivity contribution is 6.32. The third-order valence-corrected chi connectivity index (χ3v) is 3.70. The summed E-state index contributed by atoms with van der Waals surface area (Å²) >= 11 is 6.31. The molecular formula is C13H19ClN2O. The van der Waals surface area contributed by atoms with Crippen molar-refractivity contribution < 1.29 is 4.74 Å². The summed E-state index contributed by atoms with van der Waals surface area (Å²) in [5.74, 6) is 0.756. The Kier molecular flexibility index (Phi) is 4.26. The number of ether oxygens (including phenoxy) is 1. The molecule has 0 aliphatic carbocycles. The minimum atomic E-state index is 0.547. The van der Waals surface area contributed by atoms with Crippen LogP contribution in [0.15, 0.2) is 18.2 Å². The van der Waals surface area contributed by atoms with Gasteiger partial charge < -0.3 is 10.1 Å². The summed E-state index contributed by atoms with van der Waals surface area (Å²) < 4.78 is 5.24. The van der Waals surface area contributed by atoms with Gasteiger partial charge in [-0.05, 0) is 18.6 Å². The van der Waals surface area contributed by atoms with Crippen LogP contribution >= 0.6 is 11.6 Å². The Morgan fingerprint density at radius 2 is 2.35 bits per heavy atom. The molecule has 1 aliphatic rings. The van der Waals surface area contributed by atoms with Crippen molar-refractivity contribution in [2.45, 2.75) is 19.5 Å². The summed E-state index contributed by atoms with van der Waals surface area (Å²) in [5.41, 5.74) is 1.14. The van der Waals surface area contributed by atoms with Crippen LogP contribution in [0.3, 0.4) is 0 Å². The molecule has 1 heterocycles. The molecule has 0 bridgehead atoms. The van der Waals surface area contributed by atoms with Crippen LogP contribution in [0.25, 0.3) is 0 Å². The molecule has 1 aromatic carbocycles. The SMILES string of the molecule is COc1cccc(CN2CCNC[C@@H]2C)c1Cl. The van der Waals surface area contributed by atoms with Gasteiger partial charge in [-0.2, -0.15) is 0 Å². The maximum Gasteiger partial charge on any atom is 0.137 e. The van der Waals surface area contributed by atoms with Crippen LogP contribution < -0.4 is 10.1 Å². The van der Waals surface area contributed by atoms with Crippen molar-refractivity contribution >= 4 is 11.6 Å². The standard InChI is InChI=1S/C13H19ClN2O/c1-10-8-15-6-7-16(10)9-11-4-3-5-12(17-2)13(11)14/h3-5,10,15H,6-9H2,1-2H3/t10-/m0/s1. The number of benzene rings is 1. The lowest BCUT2D eigenvalue weighted by molar-refractivity contribution is 0.165. The molecule has 94 valence electrons. The van der Waals surface area contributed by atoms with Crippen LogP contribution in [0.2, 0.25) is 5.02 Å².